The number of carbonyl (C=O) groups is 2. The molecule has 3 fully saturated rings. The standard InChI is InChI=1S/C22H31N3O4/c1-28-17-8-7-16(19(11-17)29-2)13-25-10-9-23-22(27)18(25)12-20(26)24-21(14-3-4-14)15-5-6-15/h7-8,11,14-15,18,21H,3-6,9-10,12-13H2,1-2H3,(H,23,27)(H,24,26). The van der Waals surface area contributed by atoms with E-state index in [9.17, 15) is 9.59 Å². The van der Waals surface area contributed by atoms with Crippen molar-refractivity contribution in [3.8, 4) is 11.5 Å². The Hall–Kier alpha value is -2.28. The molecule has 0 bridgehead atoms. The zero-order chi connectivity index (χ0) is 20.4. The van der Waals surface area contributed by atoms with Gasteiger partial charge in [0.25, 0.3) is 0 Å². The number of rotatable bonds is 9. The third-order valence-electron chi connectivity index (χ3n) is 6.28. The Balaban J connectivity index is 1.43. The molecule has 1 aromatic rings. The molecular weight excluding hydrogens is 370 g/mol. The number of benzene rings is 1. The van der Waals surface area contributed by atoms with Gasteiger partial charge in [-0.25, -0.2) is 0 Å². The Morgan fingerprint density at radius 1 is 1.21 bits per heavy atom. The highest BCUT2D eigenvalue weighted by atomic mass is 16.5. The number of nitrogens with one attached hydrogen (secondary N) is 2. The maximum absolute atomic E-state index is 12.8. The molecule has 0 aromatic heterocycles. The minimum absolute atomic E-state index is 0.0115. The van der Waals surface area contributed by atoms with Crippen molar-refractivity contribution in [1.29, 1.82) is 0 Å². The average molecular weight is 402 g/mol. The second-order valence-electron chi connectivity index (χ2n) is 8.43. The zero-order valence-corrected chi connectivity index (χ0v) is 17.3. The third kappa shape index (κ3) is 4.83. The van der Waals surface area contributed by atoms with Crippen molar-refractivity contribution < 1.29 is 19.1 Å². The molecular formula is C22H31N3O4. The molecule has 2 amide bonds. The number of nitrogens with zero attached hydrogens (tertiary/aromatic N) is 1. The summed E-state index contributed by atoms with van der Waals surface area (Å²) in [5.41, 5.74) is 0.974. The summed E-state index contributed by atoms with van der Waals surface area (Å²) in [5.74, 6) is 2.65. The van der Waals surface area contributed by atoms with E-state index in [1.807, 2.05) is 18.2 Å². The van der Waals surface area contributed by atoms with E-state index in [-0.39, 0.29) is 18.2 Å². The van der Waals surface area contributed by atoms with E-state index in [0.29, 0.717) is 37.5 Å². The fourth-order valence-corrected chi connectivity index (χ4v) is 4.33. The summed E-state index contributed by atoms with van der Waals surface area (Å²) in [5, 5.41) is 6.16. The van der Waals surface area contributed by atoms with E-state index in [1.165, 1.54) is 25.7 Å². The first kappa shape index (κ1) is 20.0. The zero-order valence-electron chi connectivity index (χ0n) is 17.3. The van der Waals surface area contributed by atoms with Crippen molar-refractivity contribution in [2.45, 2.75) is 50.7 Å². The van der Waals surface area contributed by atoms with Crippen LogP contribution in [0.4, 0.5) is 0 Å². The SMILES string of the molecule is COc1ccc(CN2CCNC(=O)C2CC(=O)NC(C2CC2)C2CC2)c(OC)c1. The summed E-state index contributed by atoms with van der Waals surface area (Å²) in [7, 11) is 3.25. The van der Waals surface area contributed by atoms with Crippen LogP contribution in [-0.4, -0.2) is 56.1 Å². The van der Waals surface area contributed by atoms with Crippen LogP contribution in [0.5, 0.6) is 11.5 Å². The topological polar surface area (TPSA) is 79.9 Å². The maximum Gasteiger partial charge on any atom is 0.237 e. The monoisotopic (exact) mass is 401 g/mol. The summed E-state index contributed by atoms with van der Waals surface area (Å²) in [6, 6.07) is 5.53. The minimum atomic E-state index is -0.463. The quantitative estimate of drug-likeness (QED) is 0.658. The van der Waals surface area contributed by atoms with Gasteiger partial charge in [-0.2, -0.15) is 0 Å². The van der Waals surface area contributed by atoms with Crippen molar-refractivity contribution in [2.75, 3.05) is 27.3 Å². The lowest BCUT2D eigenvalue weighted by Gasteiger charge is -2.35. The van der Waals surface area contributed by atoms with Gasteiger partial charge < -0.3 is 20.1 Å². The Kier molecular flexibility index (Phi) is 5.94. The van der Waals surface area contributed by atoms with E-state index in [2.05, 4.69) is 15.5 Å². The van der Waals surface area contributed by atoms with Crippen molar-refractivity contribution in [2.24, 2.45) is 11.8 Å². The summed E-state index contributed by atoms with van der Waals surface area (Å²) in [6.45, 7) is 1.84. The Labute approximate surface area is 172 Å². The highest BCUT2D eigenvalue weighted by Crippen LogP contribution is 2.44. The number of piperazine rings is 1. The third-order valence-corrected chi connectivity index (χ3v) is 6.28. The lowest BCUT2D eigenvalue weighted by molar-refractivity contribution is -0.134. The van der Waals surface area contributed by atoms with Crippen LogP contribution in [0, 0.1) is 11.8 Å². The van der Waals surface area contributed by atoms with Crippen molar-refractivity contribution in [3.63, 3.8) is 0 Å². The fraction of sp³-hybridized carbons (Fsp3) is 0.636. The summed E-state index contributed by atoms with van der Waals surface area (Å²) in [6.07, 6.45) is 5.06. The van der Waals surface area contributed by atoms with Crippen LogP contribution in [0.3, 0.4) is 0 Å². The summed E-state index contributed by atoms with van der Waals surface area (Å²) < 4.78 is 10.8. The molecule has 1 heterocycles. The number of hydrogen-bond acceptors (Lipinski definition) is 5. The van der Waals surface area contributed by atoms with E-state index in [1.54, 1.807) is 14.2 Å². The molecule has 1 aliphatic heterocycles. The fourth-order valence-electron chi connectivity index (χ4n) is 4.33. The number of carbonyl (C=O) groups excluding carboxylic acids is 2. The first-order chi connectivity index (χ1) is 14.1. The van der Waals surface area contributed by atoms with Crippen LogP contribution >= 0.6 is 0 Å². The lowest BCUT2D eigenvalue weighted by Crippen LogP contribution is -2.56. The summed E-state index contributed by atoms with van der Waals surface area (Å²) in [4.78, 5) is 27.4. The van der Waals surface area contributed by atoms with Crippen molar-refractivity contribution in [1.82, 2.24) is 15.5 Å². The molecule has 1 aromatic carbocycles. The average Bonchev–Trinajstić information content (AvgIpc) is 3.63. The van der Waals surface area contributed by atoms with Gasteiger partial charge in [-0.15, -0.1) is 0 Å². The molecule has 7 nitrogen and oxygen atoms in total. The van der Waals surface area contributed by atoms with Gasteiger partial charge in [-0.3, -0.25) is 14.5 Å². The van der Waals surface area contributed by atoms with Crippen LogP contribution in [0.1, 0.15) is 37.7 Å². The molecule has 158 valence electrons. The van der Waals surface area contributed by atoms with Crippen LogP contribution in [-0.2, 0) is 16.1 Å². The predicted octanol–water partition coefficient (Wildman–Crippen LogP) is 1.70. The first-order valence-electron chi connectivity index (χ1n) is 10.6. The highest BCUT2D eigenvalue weighted by molar-refractivity contribution is 5.89. The Morgan fingerprint density at radius 2 is 1.93 bits per heavy atom. The number of ether oxygens (including phenoxy) is 2. The van der Waals surface area contributed by atoms with E-state index in [4.69, 9.17) is 9.47 Å². The molecule has 4 rings (SSSR count). The normalized spacial score (nSPS) is 22.3. The smallest absolute Gasteiger partial charge is 0.237 e. The molecule has 2 saturated carbocycles. The van der Waals surface area contributed by atoms with Crippen molar-refractivity contribution >= 4 is 11.8 Å². The van der Waals surface area contributed by atoms with Gasteiger partial charge in [0.1, 0.15) is 11.5 Å². The van der Waals surface area contributed by atoms with Gasteiger partial charge in [0.05, 0.1) is 26.7 Å². The molecule has 29 heavy (non-hydrogen) atoms. The van der Waals surface area contributed by atoms with E-state index >= 15 is 0 Å². The molecule has 3 aliphatic rings. The van der Waals surface area contributed by atoms with Crippen LogP contribution < -0.4 is 20.1 Å². The molecule has 1 atom stereocenters. The Bertz CT molecular complexity index is 748. The Morgan fingerprint density at radius 3 is 2.55 bits per heavy atom. The molecule has 1 unspecified atom stereocenters. The van der Waals surface area contributed by atoms with Gasteiger partial charge in [-0.1, -0.05) is 6.07 Å². The van der Waals surface area contributed by atoms with Gasteiger partial charge in [0, 0.05) is 37.3 Å². The molecule has 0 spiro atoms. The molecule has 7 heteroatoms. The van der Waals surface area contributed by atoms with E-state index in [0.717, 1.165) is 17.1 Å². The second kappa shape index (κ2) is 8.61. The molecule has 1 saturated heterocycles. The van der Waals surface area contributed by atoms with Gasteiger partial charge in [-0.05, 0) is 43.6 Å². The van der Waals surface area contributed by atoms with Gasteiger partial charge >= 0.3 is 0 Å². The van der Waals surface area contributed by atoms with Crippen LogP contribution in [0.2, 0.25) is 0 Å². The predicted molar refractivity (Wildman–Crippen MR) is 109 cm³/mol. The molecule has 0 radical (unpaired) electrons. The molecule has 2 N–H and O–H groups in total. The summed E-state index contributed by atoms with van der Waals surface area (Å²) >= 11 is 0. The van der Waals surface area contributed by atoms with Crippen LogP contribution in [0.15, 0.2) is 18.2 Å². The van der Waals surface area contributed by atoms with E-state index < -0.39 is 6.04 Å². The van der Waals surface area contributed by atoms with Gasteiger partial charge in [0.2, 0.25) is 11.8 Å². The van der Waals surface area contributed by atoms with Crippen LogP contribution in [0.25, 0.3) is 0 Å². The number of hydrogen-bond donors (Lipinski definition) is 2. The minimum Gasteiger partial charge on any atom is -0.497 e. The number of amides is 2. The van der Waals surface area contributed by atoms with Crippen molar-refractivity contribution in [3.05, 3.63) is 23.8 Å². The second-order valence-corrected chi connectivity index (χ2v) is 8.43. The maximum atomic E-state index is 12.8. The largest absolute Gasteiger partial charge is 0.497 e. The highest BCUT2D eigenvalue weighted by Gasteiger charge is 2.43. The lowest BCUT2D eigenvalue weighted by atomic mass is 10.0. The van der Waals surface area contributed by atoms with Gasteiger partial charge in [0.15, 0.2) is 0 Å². The number of methoxy groups -OCH3 is 2. The molecule has 2 aliphatic carbocycles. The first-order valence-corrected chi connectivity index (χ1v) is 10.6.